The van der Waals surface area contributed by atoms with Crippen molar-refractivity contribution in [3.8, 4) is 0 Å². The molecular formula is C19H25N3O2S. The van der Waals surface area contributed by atoms with Gasteiger partial charge in [-0.25, -0.2) is 4.98 Å². The summed E-state index contributed by atoms with van der Waals surface area (Å²) >= 11 is 1.56. The van der Waals surface area contributed by atoms with Crippen molar-refractivity contribution in [2.45, 2.75) is 44.3 Å². The Morgan fingerprint density at radius 1 is 1.28 bits per heavy atom. The minimum Gasteiger partial charge on any atom is -0.350 e. The molecule has 1 heterocycles. The average Bonchev–Trinajstić information content (AvgIpc) is 2.59. The molecule has 2 aromatic rings. The van der Waals surface area contributed by atoms with Gasteiger partial charge in [0.15, 0.2) is 5.16 Å². The standard InChI is InChI=1S/C19H25N3O2S/c1-14-13-18(24)22(3)19(20-14)25-12-8-7-11-17(23)21-15(2)16-9-5-4-6-10-16/h4-6,9-10,13,15H,7-8,11-12H2,1-3H3,(H,21,23). The van der Waals surface area contributed by atoms with Crippen LogP contribution in [0.5, 0.6) is 0 Å². The number of carbonyl (C=O) groups excluding carboxylic acids is 1. The first kappa shape index (κ1) is 19.2. The maximum absolute atomic E-state index is 12.0. The summed E-state index contributed by atoms with van der Waals surface area (Å²) in [5, 5.41) is 3.75. The first-order valence-electron chi connectivity index (χ1n) is 8.49. The van der Waals surface area contributed by atoms with Gasteiger partial charge >= 0.3 is 0 Å². The minimum atomic E-state index is -0.0377. The highest BCUT2D eigenvalue weighted by atomic mass is 32.2. The van der Waals surface area contributed by atoms with Crippen molar-refractivity contribution in [1.82, 2.24) is 14.9 Å². The summed E-state index contributed by atoms with van der Waals surface area (Å²) in [5.41, 5.74) is 1.81. The second-order valence-electron chi connectivity index (χ2n) is 6.08. The van der Waals surface area contributed by atoms with Crippen LogP contribution in [0.2, 0.25) is 0 Å². The van der Waals surface area contributed by atoms with Crippen molar-refractivity contribution in [2.75, 3.05) is 5.75 Å². The molecule has 0 fully saturated rings. The largest absolute Gasteiger partial charge is 0.350 e. The molecule has 5 nitrogen and oxygen atoms in total. The fourth-order valence-electron chi connectivity index (χ4n) is 2.45. The number of nitrogens with one attached hydrogen (secondary N) is 1. The molecule has 1 unspecified atom stereocenters. The normalized spacial score (nSPS) is 12.0. The summed E-state index contributed by atoms with van der Waals surface area (Å²) in [6.07, 6.45) is 2.24. The maximum atomic E-state index is 12.0. The Hall–Kier alpha value is -2.08. The monoisotopic (exact) mass is 359 g/mol. The number of nitrogens with zero attached hydrogens (tertiary/aromatic N) is 2. The van der Waals surface area contributed by atoms with Crippen LogP contribution < -0.4 is 10.9 Å². The quantitative estimate of drug-likeness (QED) is 0.446. The third kappa shape index (κ3) is 6.05. The summed E-state index contributed by atoms with van der Waals surface area (Å²) in [5.74, 6) is 0.910. The van der Waals surface area contributed by atoms with Gasteiger partial charge in [-0.1, -0.05) is 42.1 Å². The third-order valence-corrected chi connectivity index (χ3v) is 5.04. The van der Waals surface area contributed by atoms with E-state index in [0.717, 1.165) is 35.0 Å². The van der Waals surface area contributed by atoms with Gasteiger partial charge in [0.05, 0.1) is 6.04 Å². The lowest BCUT2D eigenvalue weighted by Gasteiger charge is -2.14. The molecule has 1 atom stereocenters. The molecule has 6 heteroatoms. The summed E-state index contributed by atoms with van der Waals surface area (Å²) in [6.45, 7) is 3.82. The zero-order valence-corrected chi connectivity index (χ0v) is 15.8. The van der Waals surface area contributed by atoms with E-state index in [2.05, 4.69) is 10.3 Å². The lowest BCUT2D eigenvalue weighted by Crippen LogP contribution is -2.26. The van der Waals surface area contributed by atoms with Gasteiger partial charge < -0.3 is 5.32 Å². The first-order valence-corrected chi connectivity index (χ1v) is 9.47. The fourth-order valence-corrected chi connectivity index (χ4v) is 3.47. The van der Waals surface area contributed by atoms with E-state index in [0.29, 0.717) is 6.42 Å². The Balaban J connectivity index is 1.69. The Morgan fingerprint density at radius 2 is 2.00 bits per heavy atom. The summed E-state index contributed by atoms with van der Waals surface area (Å²) in [4.78, 5) is 28.1. The highest BCUT2D eigenvalue weighted by Crippen LogP contribution is 2.16. The number of carbonyl (C=O) groups is 1. The van der Waals surface area contributed by atoms with Crippen molar-refractivity contribution in [2.24, 2.45) is 7.05 Å². The van der Waals surface area contributed by atoms with Gasteiger partial charge in [0.2, 0.25) is 5.91 Å². The molecule has 0 aliphatic carbocycles. The Labute approximate surface area is 152 Å². The van der Waals surface area contributed by atoms with Crippen LogP contribution in [0.4, 0.5) is 0 Å². The number of thioether (sulfide) groups is 1. The highest BCUT2D eigenvalue weighted by Gasteiger charge is 2.09. The highest BCUT2D eigenvalue weighted by molar-refractivity contribution is 7.99. The van der Waals surface area contributed by atoms with E-state index in [1.165, 1.54) is 6.07 Å². The lowest BCUT2D eigenvalue weighted by atomic mass is 10.1. The van der Waals surface area contributed by atoms with Crippen molar-refractivity contribution in [1.29, 1.82) is 0 Å². The first-order chi connectivity index (χ1) is 12.0. The number of unbranched alkanes of at least 4 members (excludes halogenated alkanes) is 1. The number of aryl methyl sites for hydroxylation is 1. The van der Waals surface area contributed by atoms with E-state index in [4.69, 9.17) is 0 Å². The van der Waals surface area contributed by atoms with Gasteiger partial charge in [0.25, 0.3) is 5.56 Å². The number of hydrogen-bond acceptors (Lipinski definition) is 4. The molecule has 2 rings (SSSR count). The summed E-state index contributed by atoms with van der Waals surface area (Å²) < 4.78 is 1.56. The molecule has 0 saturated heterocycles. The predicted molar refractivity (Wildman–Crippen MR) is 102 cm³/mol. The Morgan fingerprint density at radius 3 is 2.72 bits per heavy atom. The third-order valence-electron chi connectivity index (χ3n) is 3.93. The van der Waals surface area contributed by atoms with Crippen molar-refractivity contribution in [3.63, 3.8) is 0 Å². The molecule has 0 aliphatic rings. The van der Waals surface area contributed by atoms with Crippen LogP contribution in [0.1, 0.15) is 43.5 Å². The van der Waals surface area contributed by atoms with Crippen molar-refractivity contribution >= 4 is 17.7 Å². The second-order valence-corrected chi connectivity index (χ2v) is 7.14. The predicted octanol–water partition coefficient (Wildman–Crippen LogP) is 3.23. The molecule has 0 radical (unpaired) electrons. The molecule has 0 saturated carbocycles. The zero-order valence-electron chi connectivity index (χ0n) is 15.0. The molecule has 0 aliphatic heterocycles. The Kier molecular flexibility index (Phi) is 7.25. The molecule has 0 bridgehead atoms. The van der Waals surface area contributed by atoms with E-state index >= 15 is 0 Å². The van der Waals surface area contributed by atoms with Crippen LogP contribution in [0.3, 0.4) is 0 Å². The number of aromatic nitrogens is 2. The van der Waals surface area contributed by atoms with Gasteiger partial charge in [0, 0.05) is 31.0 Å². The number of amides is 1. The number of rotatable bonds is 8. The van der Waals surface area contributed by atoms with Gasteiger partial charge in [-0.3, -0.25) is 14.2 Å². The van der Waals surface area contributed by atoms with E-state index < -0.39 is 0 Å². The van der Waals surface area contributed by atoms with Crippen LogP contribution in [-0.4, -0.2) is 21.2 Å². The lowest BCUT2D eigenvalue weighted by molar-refractivity contribution is -0.121. The molecule has 1 aromatic heterocycles. The van der Waals surface area contributed by atoms with E-state index in [1.54, 1.807) is 23.4 Å². The molecule has 1 N–H and O–H groups in total. The summed E-state index contributed by atoms with van der Waals surface area (Å²) in [6, 6.07) is 11.5. The van der Waals surface area contributed by atoms with Gasteiger partial charge in [-0.05, 0) is 32.3 Å². The molecule has 0 spiro atoms. The van der Waals surface area contributed by atoms with Crippen LogP contribution in [0, 0.1) is 6.92 Å². The minimum absolute atomic E-state index is 0.0223. The van der Waals surface area contributed by atoms with E-state index in [-0.39, 0.29) is 17.5 Å². The SMILES string of the molecule is Cc1cc(=O)n(C)c(SCCCCC(=O)NC(C)c2ccccc2)n1. The van der Waals surface area contributed by atoms with Crippen molar-refractivity contribution < 1.29 is 4.79 Å². The average molecular weight is 359 g/mol. The molecule has 25 heavy (non-hydrogen) atoms. The zero-order chi connectivity index (χ0) is 18.2. The molecule has 134 valence electrons. The Bertz CT molecular complexity index is 759. The number of hydrogen-bond donors (Lipinski definition) is 1. The van der Waals surface area contributed by atoms with E-state index in [9.17, 15) is 9.59 Å². The second kappa shape index (κ2) is 9.42. The molecule has 1 amide bonds. The summed E-state index contributed by atoms with van der Waals surface area (Å²) in [7, 11) is 1.73. The molecule has 1 aromatic carbocycles. The topological polar surface area (TPSA) is 64.0 Å². The van der Waals surface area contributed by atoms with Crippen molar-refractivity contribution in [3.05, 3.63) is 58.0 Å². The van der Waals surface area contributed by atoms with Gasteiger partial charge in [-0.15, -0.1) is 0 Å². The van der Waals surface area contributed by atoms with Gasteiger partial charge in [0.1, 0.15) is 0 Å². The smallest absolute Gasteiger partial charge is 0.254 e. The van der Waals surface area contributed by atoms with Crippen LogP contribution in [-0.2, 0) is 11.8 Å². The maximum Gasteiger partial charge on any atom is 0.254 e. The molecular weight excluding hydrogens is 334 g/mol. The van der Waals surface area contributed by atoms with Crippen LogP contribution in [0.15, 0.2) is 46.3 Å². The van der Waals surface area contributed by atoms with E-state index in [1.807, 2.05) is 44.2 Å². The van der Waals surface area contributed by atoms with Gasteiger partial charge in [-0.2, -0.15) is 0 Å². The fraction of sp³-hybridized carbons (Fsp3) is 0.421. The van der Waals surface area contributed by atoms with Crippen LogP contribution in [0.25, 0.3) is 0 Å². The number of benzene rings is 1. The van der Waals surface area contributed by atoms with Crippen LogP contribution >= 0.6 is 11.8 Å².